The van der Waals surface area contributed by atoms with Crippen molar-refractivity contribution in [3.63, 3.8) is 0 Å². The molecule has 0 saturated carbocycles. The van der Waals surface area contributed by atoms with Crippen molar-refractivity contribution >= 4 is 5.97 Å². The number of carbonyl (C=O) groups is 1. The van der Waals surface area contributed by atoms with E-state index in [-0.39, 0.29) is 25.2 Å². The fourth-order valence-electron chi connectivity index (χ4n) is 12.1. The summed E-state index contributed by atoms with van der Waals surface area (Å²) in [6.07, 6.45) is -6.54. The highest BCUT2D eigenvalue weighted by molar-refractivity contribution is 5.73. The standard InChI is InChI=1S/C57H92FN6O14/c1-16-45-57(11,70)50(66)37(7)62(13)29-32(2)26-55(9,69)52(35(5)48(36(6)53(68)76-45)77-46-27-56(10,73-15)51(67)38(8)75-46)78-54-47(65)43(25-34(4)74-54)61(12)24-23-42-31-63(60-59-42)44(28-58)49(72-14)40-21-19-39(20-22-40)41-18-17-33(3)64(71)30-41/h17-22,30-32,34-38,43-52,54,65-67,69-71H,16,23-29H2,1-15H3/q+1/t32-,34-,35+,36-,37-,38+,43+,44-,45-,46+,47-,48+,49-,50-,51+,52-,54+,55-,56-,57-/m1/s1. The lowest BCUT2D eigenvalue weighted by molar-refractivity contribution is -0.908. The molecule has 440 valence electrons. The van der Waals surface area contributed by atoms with Crippen molar-refractivity contribution in [2.45, 2.75) is 211 Å². The van der Waals surface area contributed by atoms with Gasteiger partial charge in [0.2, 0.25) is 11.9 Å². The predicted octanol–water partition coefficient (Wildman–Crippen LogP) is 4.50. The minimum absolute atomic E-state index is 0.0785. The molecule has 6 rings (SSSR count). The smallest absolute Gasteiger partial charge is 0.311 e. The van der Waals surface area contributed by atoms with E-state index in [9.17, 15) is 39.9 Å². The number of methoxy groups -OCH3 is 2. The third kappa shape index (κ3) is 14.3. The number of hydrogen-bond acceptors (Lipinski definition) is 18. The summed E-state index contributed by atoms with van der Waals surface area (Å²) < 4.78 is 61.7. The molecule has 0 bridgehead atoms. The van der Waals surface area contributed by atoms with Crippen LogP contribution in [0.1, 0.15) is 124 Å². The molecule has 21 heteroatoms. The summed E-state index contributed by atoms with van der Waals surface area (Å²) in [6, 6.07) is 9.31. The van der Waals surface area contributed by atoms with E-state index in [4.69, 9.17) is 33.2 Å². The second-order valence-electron chi connectivity index (χ2n) is 23.5. The van der Waals surface area contributed by atoms with E-state index in [0.717, 1.165) is 21.4 Å². The first-order chi connectivity index (χ1) is 36.6. The van der Waals surface area contributed by atoms with Crippen LogP contribution >= 0.6 is 0 Å². The molecule has 5 heterocycles. The number of carbonyl (C=O) groups excluding carboxylic acids is 1. The van der Waals surface area contributed by atoms with Crippen molar-refractivity contribution in [1.29, 1.82) is 0 Å². The largest absolute Gasteiger partial charge is 0.459 e. The highest BCUT2D eigenvalue weighted by Crippen LogP contribution is 2.41. The number of cyclic esters (lactones) is 1. The van der Waals surface area contributed by atoms with Gasteiger partial charge < -0.3 is 68.5 Å². The average Bonchev–Trinajstić information content (AvgIpc) is 3.90. The lowest BCUT2D eigenvalue weighted by atomic mass is 9.77. The molecule has 2 aromatic heterocycles. The Hall–Kier alpha value is -3.81. The molecule has 0 spiro atoms. The molecule has 0 unspecified atom stereocenters. The third-order valence-electron chi connectivity index (χ3n) is 17.2. The van der Waals surface area contributed by atoms with Crippen LogP contribution in [0.25, 0.3) is 11.1 Å². The van der Waals surface area contributed by atoms with Gasteiger partial charge in [-0.1, -0.05) is 50.3 Å². The van der Waals surface area contributed by atoms with Gasteiger partial charge in [-0.3, -0.25) is 10.0 Å². The Kier molecular flexibility index (Phi) is 21.5. The zero-order valence-corrected chi connectivity index (χ0v) is 48.6. The van der Waals surface area contributed by atoms with Gasteiger partial charge in [0.1, 0.15) is 48.8 Å². The van der Waals surface area contributed by atoms with Crippen LogP contribution in [0.15, 0.2) is 48.8 Å². The molecule has 0 aliphatic carbocycles. The Balaban J connectivity index is 1.25. The molecule has 78 heavy (non-hydrogen) atoms. The van der Waals surface area contributed by atoms with Crippen LogP contribution in [0, 0.1) is 24.7 Å². The quantitative estimate of drug-likeness (QED) is 0.0657. The molecule has 3 aliphatic heterocycles. The first-order valence-corrected chi connectivity index (χ1v) is 27.7. The molecular formula is C57H92FN6O14+. The van der Waals surface area contributed by atoms with Crippen molar-refractivity contribution in [3.8, 4) is 11.1 Å². The van der Waals surface area contributed by atoms with Crippen LogP contribution in [0.5, 0.6) is 0 Å². The summed E-state index contributed by atoms with van der Waals surface area (Å²) in [6.45, 7) is 19.2. The number of alkyl halides is 1. The molecule has 20 atom stereocenters. The van der Waals surface area contributed by atoms with Crippen LogP contribution in [0.4, 0.5) is 4.39 Å². The number of pyridine rings is 1. The minimum atomic E-state index is -1.86. The van der Waals surface area contributed by atoms with E-state index >= 15 is 0 Å². The summed E-state index contributed by atoms with van der Waals surface area (Å²) in [7, 11) is 6.72. The molecule has 3 aromatic rings. The Bertz CT molecular complexity index is 2380. The second-order valence-corrected chi connectivity index (χ2v) is 23.5. The number of likely N-dealkylation sites (N-methyl/N-ethyl adjacent to an activating group) is 2. The summed E-state index contributed by atoms with van der Waals surface area (Å²) >= 11 is 0. The number of nitrogens with zero attached hydrogens (tertiary/aromatic N) is 6. The number of ether oxygens (including phenoxy) is 7. The number of aliphatic hydroxyl groups excluding tert-OH is 3. The van der Waals surface area contributed by atoms with Gasteiger partial charge in [-0.15, -0.1) is 5.10 Å². The van der Waals surface area contributed by atoms with Crippen LogP contribution in [-0.4, -0.2) is 200 Å². The van der Waals surface area contributed by atoms with Gasteiger partial charge in [-0.25, -0.2) is 9.07 Å². The summed E-state index contributed by atoms with van der Waals surface area (Å²) in [5.41, 5.74) is -0.920. The molecule has 3 aliphatic rings. The Labute approximate surface area is 460 Å². The lowest BCUT2D eigenvalue weighted by Gasteiger charge is -2.49. The van der Waals surface area contributed by atoms with E-state index in [1.807, 2.05) is 74.1 Å². The second kappa shape index (κ2) is 26.4. The maximum Gasteiger partial charge on any atom is 0.311 e. The number of rotatable bonds is 16. The summed E-state index contributed by atoms with van der Waals surface area (Å²) in [5.74, 6) is -2.90. The first-order valence-electron chi connectivity index (χ1n) is 27.7. The lowest BCUT2D eigenvalue weighted by Crippen LogP contribution is -2.61. The maximum absolute atomic E-state index is 15.0. The molecule has 0 amide bonds. The average molecular weight is 1100 g/mol. The zero-order chi connectivity index (χ0) is 57.8. The molecule has 0 radical (unpaired) electrons. The maximum atomic E-state index is 15.0. The number of aromatic nitrogens is 4. The van der Waals surface area contributed by atoms with Crippen LogP contribution < -0.4 is 4.73 Å². The molecule has 3 saturated heterocycles. The van der Waals surface area contributed by atoms with Gasteiger partial charge in [0, 0.05) is 82.1 Å². The Morgan fingerprint density at radius 3 is 2.23 bits per heavy atom. The molecule has 6 N–H and O–H groups in total. The van der Waals surface area contributed by atoms with Crippen molar-refractivity contribution in [3.05, 3.63) is 65.7 Å². The number of aliphatic hydroxyl groups is 5. The summed E-state index contributed by atoms with van der Waals surface area (Å²) in [5, 5.41) is 78.9. The van der Waals surface area contributed by atoms with Gasteiger partial charge in [0.15, 0.2) is 12.6 Å². The van der Waals surface area contributed by atoms with E-state index in [2.05, 4.69) is 10.3 Å². The summed E-state index contributed by atoms with van der Waals surface area (Å²) in [4.78, 5) is 18.4. The first kappa shape index (κ1) is 63.4. The number of halogens is 1. The number of benzene rings is 1. The molecule has 1 aromatic carbocycles. The predicted molar refractivity (Wildman–Crippen MR) is 286 cm³/mol. The van der Waals surface area contributed by atoms with E-state index in [0.29, 0.717) is 37.3 Å². The highest BCUT2D eigenvalue weighted by atomic mass is 19.1. The van der Waals surface area contributed by atoms with Crippen molar-refractivity contribution < 1.29 is 77.8 Å². The van der Waals surface area contributed by atoms with Gasteiger partial charge in [-0.05, 0) is 105 Å². The van der Waals surface area contributed by atoms with Crippen molar-refractivity contribution in [1.82, 2.24) is 24.8 Å². The van der Waals surface area contributed by atoms with Crippen LogP contribution in [0.2, 0.25) is 0 Å². The molecular weight excluding hydrogens is 1010 g/mol. The van der Waals surface area contributed by atoms with E-state index in [1.165, 1.54) is 25.8 Å². The monoisotopic (exact) mass is 1100 g/mol. The fraction of sp³-hybridized carbons (Fsp3) is 0.754. The minimum Gasteiger partial charge on any atom is -0.459 e. The van der Waals surface area contributed by atoms with Crippen LogP contribution in [-0.2, 0) is 44.4 Å². The SMILES string of the molecule is CC[C@H]1OC(=O)[C@H](C)[C@@H](O[C@H]2C[C@@](C)(OC)[C@@H](O)[C@H](C)O2)[C@H](C)[C@@H](O[C@@H]2O[C@H](C)C[C@H](N(C)CCc3cn([C@H](CF)[C@H](OC)c4ccc(-c5ccc(C)[n+](O)c5)cc4)nn3)[C@H]2O)[C@](C)(O)C[C@@H](C)CN(C)[C@H](C)[C@@H](O)[C@]1(C)O. The normalized spacial score (nSPS) is 37.8. The van der Waals surface area contributed by atoms with Gasteiger partial charge >= 0.3 is 5.97 Å². The van der Waals surface area contributed by atoms with Gasteiger partial charge in [-0.2, -0.15) is 0 Å². The highest BCUT2D eigenvalue weighted by Gasteiger charge is 2.53. The molecule has 3 fully saturated rings. The van der Waals surface area contributed by atoms with Crippen LogP contribution in [0.3, 0.4) is 0 Å². The fourth-order valence-corrected chi connectivity index (χ4v) is 12.1. The Morgan fingerprint density at radius 2 is 1.62 bits per heavy atom. The number of hydrogen-bond donors (Lipinski definition) is 6. The topological polar surface area (TPSA) is 244 Å². The third-order valence-corrected chi connectivity index (χ3v) is 17.2. The van der Waals surface area contributed by atoms with E-state index in [1.54, 1.807) is 67.8 Å². The Morgan fingerprint density at radius 1 is 0.949 bits per heavy atom. The number of aryl methyl sites for hydroxylation is 1. The van der Waals surface area contributed by atoms with E-state index < -0.39 is 127 Å². The van der Waals surface area contributed by atoms with Crippen molar-refractivity contribution in [2.75, 3.05) is 48.1 Å². The van der Waals surface area contributed by atoms with Gasteiger partial charge in [0.25, 0.3) is 0 Å². The number of esters is 1. The molecule has 20 nitrogen and oxygen atoms in total. The van der Waals surface area contributed by atoms with Crippen molar-refractivity contribution in [2.24, 2.45) is 17.8 Å². The zero-order valence-electron chi connectivity index (χ0n) is 48.6. The van der Waals surface area contributed by atoms with Gasteiger partial charge in [0.05, 0.1) is 52.8 Å².